The third-order valence-electron chi connectivity index (χ3n) is 1.71. The van der Waals surface area contributed by atoms with Gasteiger partial charge in [-0.15, -0.1) is 0 Å². The van der Waals surface area contributed by atoms with E-state index >= 15 is 0 Å². The van der Waals surface area contributed by atoms with Gasteiger partial charge in [0.25, 0.3) is 5.91 Å². The van der Waals surface area contributed by atoms with Crippen molar-refractivity contribution in [2.24, 2.45) is 0 Å². The van der Waals surface area contributed by atoms with Gasteiger partial charge in [-0.1, -0.05) is 11.6 Å². The van der Waals surface area contributed by atoms with E-state index in [1.807, 2.05) is 0 Å². The van der Waals surface area contributed by atoms with Crippen LogP contribution in [0.4, 0.5) is 0 Å². The van der Waals surface area contributed by atoms with Gasteiger partial charge in [0.05, 0.1) is 18.5 Å². The first-order valence-electron chi connectivity index (χ1n) is 4.41. The largest absolute Gasteiger partial charge is 0.392 e. The molecule has 0 spiro atoms. The van der Waals surface area contributed by atoms with Crippen molar-refractivity contribution in [1.29, 1.82) is 0 Å². The fourth-order valence-corrected chi connectivity index (χ4v) is 1.27. The summed E-state index contributed by atoms with van der Waals surface area (Å²) in [5.41, 5.74) is 0.172. The third kappa shape index (κ3) is 3.45. The Kier molecular flexibility index (Phi) is 3.99. The van der Waals surface area contributed by atoms with Crippen LogP contribution in [0.1, 0.15) is 17.4 Å². The van der Waals surface area contributed by atoms with E-state index in [9.17, 15) is 4.79 Å². The number of amides is 1. The first-order chi connectivity index (χ1) is 7.00. The molecule has 0 radical (unpaired) electrons. The number of likely N-dealkylation sites (N-methyl/N-ethyl adjacent to an activating group) is 1. The lowest BCUT2D eigenvalue weighted by Crippen LogP contribution is -2.33. The molecule has 0 aliphatic carbocycles. The quantitative estimate of drug-likeness (QED) is 0.824. The van der Waals surface area contributed by atoms with E-state index < -0.39 is 6.10 Å². The van der Waals surface area contributed by atoms with E-state index in [0.29, 0.717) is 0 Å². The molecule has 1 atom stereocenters. The minimum Gasteiger partial charge on any atom is -0.392 e. The van der Waals surface area contributed by atoms with Gasteiger partial charge in [-0.25, -0.2) is 4.98 Å². The number of rotatable bonds is 3. The Balaban J connectivity index is 2.76. The van der Waals surface area contributed by atoms with Gasteiger partial charge in [-0.3, -0.25) is 9.78 Å². The second-order valence-electron chi connectivity index (χ2n) is 3.26. The number of aliphatic hydroxyl groups excluding tert-OH is 1. The van der Waals surface area contributed by atoms with Crippen LogP contribution in [0.3, 0.4) is 0 Å². The van der Waals surface area contributed by atoms with Crippen molar-refractivity contribution >= 4 is 17.5 Å². The van der Waals surface area contributed by atoms with E-state index in [4.69, 9.17) is 16.7 Å². The van der Waals surface area contributed by atoms with Crippen LogP contribution in [0, 0.1) is 0 Å². The molecule has 1 rings (SSSR count). The van der Waals surface area contributed by atoms with Crippen LogP contribution >= 0.6 is 11.6 Å². The molecule has 1 N–H and O–H groups in total. The smallest absolute Gasteiger partial charge is 0.273 e. The van der Waals surface area contributed by atoms with Crippen LogP contribution in [0.5, 0.6) is 0 Å². The molecule has 0 bridgehead atoms. The summed E-state index contributed by atoms with van der Waals surface area (Å²) in [5, 5.41) is 9.29. The van der Waals surface area contributed by atoms with E-state index in [0.717, 1.165) is 0 Å². The lowest BCUT2D eigenvalue weighted by Gasteiger charge is -2.17. The van der Waals surface area contributed by atoms with Crippen molar-refractivity contribution in [3.8, 4) is 0 Å². The fraction of sp³-hybridized carbons (Fsp3) is 0.444. The number of nitrogens with zero attached hydrogens (tertiary/aromatic N) is 3. The highest BCUT2D eigenvalue weighted by molar-refractivity contribution is 6.29. The van der Waals surface area contributed by atoms with Gasteiger partial charge in [0.15, 0.2) is 0 Å². The molecule has 0 saturated carbocycles. The molecule has 1 amide bonds. The normalized spacial score (nSPS) is 12.3. The first kappa shape index (κ1) is 11.9. The summed E-state index contributed by atoms with van der Waals surface area (Å²) >= 11 is 5.61. The molecule has 0 saturated heterocycles. The van der Waals surface area contributed by atoms with Crippen molar-refractivity contribution < 1.29 is 9.90 Å². The predicted molar refractivity (Wildman–Crippen MR) is 55.7 cm³/mol. The summed E-state index contributed by atoms with van der Waals surface area (Å²) in [5.74, 6) is -0.314. The van der Waals surface area contributed by atoms with Crippen molar-refractivity contribution in [3.05, 3.63) is 23.2 Å². The van der Waals surface area contributed by atoms with Crippen LogP contribution < -0.4 is 0 Å². The van der Waals surface area contributed by atoms with E-state index in [1.54, 1.807) is 14.0 Å². The van der Waals surface area contributed by atoms with Crippen LogP contribution in [0.2, 0.25) is 5.15 Å². The van der Waals surface area contributed by atoms with Gasteiger partial charge >= 0.3 is 0 Å². The Morgan fingerprint density at radius 2 is 2.33 bits per heavy atom. The molecule has 0 fully saturated rings. The molecule has 0 aliphatic heterocycles. The lowest BCUT2D eigenvalue weighted by atomic mass is 10.3. The summed E-state index contributed by atoms with van der Waals surface area (Å²) < 4.78 is 0. The highest BCUT2D eigenvalue weighted by Gasteiger charge is 2.15. The van der Waals surface area contributed by atoms with Gasteiger partial charge in [0, 0.05) is 13.6 Å². The summed E-state index contributed by atoms with van der Waals surface area (Å²) in [7, 11) is 1.58. The lowest BCUT2D eigenvalue weighted by molar-refractivity contribution is 0.0697. The second kappa shape index (κ2) is 5.04. The third-order valence-corrected chi connectivity index (χ3v) is 1.89. The Bertz CT molecular complexity index is 357. The molecule has 1 aromatic heterocycles. The molecule has 1 aromatic rings. The number of halogens is 1. The Morgan fingerprint density at radius 1 is 1.67 bits per heavy atom. The Hall–Kier alpha value is -1.20. The Labute approximate surface area is 92.7 Å². The molecular formula is C9H12ClN3O2. The summed E-state index contributed by atoms with van der Waals surface area (Å²) in [4.78, 5) is 20.6. The summed E-state index contributed by atoms with van der Waals surface area (Å²) in [6, 6.07) is 0. The SMILES string of the molecule is CC(O)CN(C)C(=O)c1cncc(Cl)n1. The Morgan fingerprint density at radius 3 is 2.87 bits per heavy atom. The molecule has 1 heterocycles. The van der Waals surface area contributed by atoms with Crippen LogP contribution in [0.25, 0.3) is 0 Å². The van der Waals surface area contributed by atoms with E-state index in [2.05, 4.69) is 9.97 Å². The van der Waals surface area contributed by atoms with Crippen molar-refractivity contribution in [2.45, 2.75) is 13.0 Å². The zero-order chi connectivity index (χ0) is 11.4. The fourth-order valence-electron chi connectivity index (χ4n) is 1.12. The van der Waals surface area contributed by atoms with Gasteiger partial charge < -0.3 is 10.0 Å². The van der Waals surface area contributed by atoms with Gasteiger partial charge in [-0.2, -0.15) is 0 Å². The second-order valence-corrected chi connectivity index (χ2v) is 3.65. The molecule has 0 aliphatic rings. The van der Waals surface area contributed by atoms with Gasteiger partial charge in [0.2, 0.25) is 0 Å². The molecule has 6 heteroatoms. The highest BCUT2D eigenvalue weighted by Crippen LogP contribution is 2.05. The number of hydrogen-bond acceptors (Lipinski definition) is 4. The number of carbonyl (C=O) groups excluding carboxylic acids is 1. The van der Waals surface area contributed by atoms with E-state index in [1.165, 1.54) is 17.3 Å². The van der Waals surface area contributed by atoms with Gasteiger partial charge in [-0.05, 0) is 6.92 Å². The topological polar surface area (TPSA) is 66.3 Å². The number of carbonyl (C=O) groups is 1. The summed E-state index contributed by atoms with van der Waals surface area (Å²) in [6.07, 6.45) is 2.12. The monoisotopic (exact) mass is 229 g/mol. The minimum absolute atomic E-state index is 0.172. The first-order valence-corrected chi connectivity index (χ1v) is 4.79. The average molecular weight is 230 g/mol. The maximum absolute atomic E-state index is 11.7. The number of hydrogen-bond donors (Lipinski definition) is 1. The molecular weight excluding hydrogens is 218 g/mol. The molecule has 1 unspecified atom stereocenters. The van der Waals surface area contributed by atoms with Crippen LogP contribution in [-0.4, -0.2) is 45.6 Å². The van der Waals surface area contributed by atoms with Gasteiger partial charge in [0.1, 0.15) is 10.8 Å². The molecule has 5 nitrogen and oxygen atoms in total. The summed E-state index contributed by atoms with van der Waals surface area (Å²) in [6.45, 7) is 1.85. The molecule has 15 heavy (non-hydrogen) atoms. The van der Waals surface area contributed by atoms with Crippen molar-refractivity contribution in [3.63, 3.8) is 0 Å². The minimum atomic E-state index is -0.578. The standard InChI is InChI=1S/C9H12ClN3O2/c1-6(14)5-13(2)9(15)7-3-11-4-8(10)12-7/h3-4,6,14H,5H2,1-2H3. The predicted octanol–water partition coefficient (Wildman–Crippen LogP) is 0.583. The maximum Gasteiger partial charge on any atom is 0.273 e. The maximum atomic E-state index is 11.7. The molecule has 0 aromatic carbocycles. The zero-order valence-electron chi connectivity index (χ0n) is 8.51. The zero-order valence-corrected chi connectivity index (χ0v) is 9.27. The van der Waals surface area contributed by atoms with Crippen molar-refractivity contribution in [1.82, 2.24) is 14.9 Å². The number of aliphatic hydroxyl groups is 1. The average Bonchev–Trinajstić information content (AvgIpc) is 2.15. The highest BCUT2D eigenvalue weighted by atomic mass is 35.5. The van der Waals surface area contributed by atoms with Crippen LogP contribution in [0.15, 0.2) is 12.4 Å². The molecule has 82 valence electrons. The van der Waals surface area contributed by atoms with Crippen molar-refractivity contribution in [2.75, 3.05) is 13.6 Å². The number of aromatic nitrogens is 2. The van der Waals surface area contributed by atoms with E-state index in [-0.39, 0.29) is 23.3 Å². The van der Waals surface area contributed by atoms with Crippen LogP contribution in [-0.2, 0) is 0 Å².